The molecule has 22 heavy (non-hydrogen) atoms. The molecule has 132 valence electrons. The molecule has 4 atom stereocenters. The molecular weight excluding hydrogens is 268 g/mol. The van der Waals surface area contributed by atoms with E-state index in [-0.39, 0.29) is 0 Å². The first-order chi connectivity index (χ1) is 10.1. The van der Waals surface area contributed by atoms with Crippen molar-refractivity contribution in [3.8, 4) is 0 Å². The van der Waals surface area contributed by atoms with E-state index < -0.39 is 0 Å². The Morgan fingerprint density at radius 1 is 0.682 bits per heavy atom. The van der Waals surface area contributed by atoms with Crippen LogP contribution in [0.4, 0.5) is 0 Å². The molecule has 0 aliphatic carbocycles. The van der Waals surface area contributed by atoms with E-state index in [0.717, 1.165) is 11.8 Å². The lowest BCUT2D eigenvalue weighted by molar-refractivity contribution is 0.0746. The molecule has 0 radical (unpaired) electrons. The largest absolute Gasteiger partial charge is 0.309 e. The van der Waals surface area contributed by atoms with Crippen molar-refractivity contribution in [1.82, 2.24) is 10.2 Å². The first-order valence-corrected chi connectivity index (χ1v) is 9.59. The summed E-state index contributed by atoms with van der Waals surface area (Å²) in [6.45, 7) is 25.1. The number of nitrogens with zero attached hydrogens (tertiary/aromatic N) is 1. The monoisotopic (exact) mass is 310 g/mol. The summed E-state index contributed by atoms with van der Waals surface area (Å²) >= 11 is 0. The van der Waals surface area contributed by atoms with Crippen LogP contribution in [-0.2, 0) is 0 Å². The first-order valence-electron chi connectivity index (χ1n) is 9.59. The van der Waals surface area contributed by atoms with Gasteiger partial charge in [0, 0.05) is 30.7 Å². The summed E-state index contributed by atoms with van der Waals surface area (Å²) < 4.78 is 0. The number of rotatable bonds is 5. The highest BCUT2D eigenvalue weighted by Crippen LogP contribution is 2.33. The number of hydrogen-bond acceptors (Lipinski definition) is 2. The van der Waals surface area contributed by atoms with Crippen LogP contribution in [0.25, 0.3) is 0 Å². The van der Waals surface area contributed by atoms with Gasteiger partial charge < -0.3 is 5.32 Å². The van der Waals surface area contributed by atoms with Crippen molar-refractivity contribution in [2.24, 2.45) is 29.6 Å². The maximum absolute atomic E-state index is 4.12. The second-order valence-corrected chi connectivity index (χ2v) is 9.14. The van der Waals surface area contributed by atoms with Crippen LogP contribution < -0.4 is 5.32 Å². The van der Waals surface area contributed by atoms with Gasteiger partial charge in [-0.15, -0.1) is 0 Å². The summed E-state index contributed by atoms with van der Waals surface area (Å²) in [5.41, 5.74) is 0. The molecule has 1 aliphatic heterocycles. The Kier molecular flexibility index (Phi) is 7.39. The first kappa shape index (κ1) is 20.0. The van der Waals surface area contributed by atoms with Gasteiger partial charge in [-0.2, -0.15) is 0 Å². The Morgan fingerprint density at radius 2 is 1.18 bits per heavy atom. The molecule has 1 aliphatic rings. The molecule has 0 bridgehead atoms. The van der Waals surface area contributed by atoms with Gasteiger partial charge in [0.15, 0.2) is 0 Å². The molecule has 2 nitrogen and oxygen atoms in total. The van der Waals surface area contributed by atoms with Gasteiger partial charge in [0.25, 0.3) is 0 Å². The van der Waals surface area contributed by atoms with E-state index in [1.165, 1.54) is 6.54 Å². The molecule has 0 aromatic carbocycles. The fraction of sp³-hybridized carbons (Fsp3) is 1.00. The average molecular weight is 311 g/mol. The molecule has 0 aromatic rings. The predicted octanol–water partition coefficient (Wildman–Crippen LogP) is 4.65. The average Bonchev–Trinajstić information content (AvgIpc) is 2.55. The van der Waals surface area contributed by atoms with Gasteiger partial charge in [0.05, 0.1) is 0 Å². The van der Waals surface area contributed by atoms with Crippen LogP contribution in [0.1, 0.15) is 69.2 Å². The standard InChI is InChI=1S/C20H42N2/c1-12(2)17-11-22(16(9)10)20(15(7)8)19(14(5)6)21-18(17)13(3)4/h12-21H,11H2,1-10H3. The third kappa shape index (κ3) is 4.47. The molecule has 1 heterocycles. The summed E-state index contributed by atoms with van der Waals surface area (Å²) in [5.74, 6) is 3.49. The Labute approximate surface area is 140 Å². The minimum Gasteiger partial charge on any atom is -0.309 e. The fourth-order valence-electron chi connectivity index (χ4n) is 4.38. The third-order valence-electron chi connectivity index (χ3n) is 5.66. The van der Waals surface area contributed by atoms with Gasteiger partial charge in [-0.25, -0.2) is 0 Å². The maximum atomic E-state index is 4.12. The molecular formula is C20H42N2. The minimum atomic E-state index is 0.582. The summed E-state index contributed by atoms with van der Waals surface area (Å²) in [5, 5.41) is 4.12. The zero-order chi connectivity index (χ0) is 17.2. The molecule has 1 fully saturated rings. The zero-order valence-electron chi connectivity index (χ0n) is 16.9. The normalized spacial score (nSPS) is 31.8. The van der Waals surface area contributed by atoms with Crippen molar-refractivity contribution in [3.05, 3.63) is 0 Å². The SMILES string of the molecule is CC(C)C1CN(C(C)C)C(C(C)C)C(C(C)C)NC1C(C)C. The third-order valence-corrected chi connectivity index (χ3v) is 5.66. The number of hydrogen-bond donors (Lipinski definition) is 1. The van der Waals surface area contributed by atoms with Gasteiger partial charge in [-0.3, -0.25) is 4.90 Å². The highest BCUT2D eigenvalue weighted by atomic mass is 15.2. The topological polar surface area (TPSA) is 15.3 Å². The zero-order valence-corrected chi connectivity index (χ0v) is 16.9. The van der Waals surface area contributed by atoms with Gasteiger partial charge in [-0.1, -0.05) is 55.4 Å². The van der Waals surface area contributed by atoms with E-state index in [0.29, 0.717) is 41.9 Å². The molecule has 1 N–H and O–H groups in total. The van der Waals surface area contributed by atoms with E-state index in [1.807, 2.05) is 0 Å². The second-order valence-electron chi connectivity index (χ2n) is 9.14. The van der Waals surface area contributed by atoms with Crippen LogP contribution in [0.2, 0.25) is 0 Å². The van der Waals surface area contributed by atoms with Crippen LogP contribution in [0, 0.1) is 29.6 Å². The molecule has 0 spiro atoms. The quantitative estimate of drug-likeness (QED) is 0.795. The summed E-state index contributed by atoms with van der Waals surface area (Å²) in [6.07, 6.45) is 0. The molecule has 1 rings (SSSR count). The fourth-order valence-corrected chi connectivity index (χ4v) is 4.38. The predicted molar refractivity (Wildman–Crippen MR) is 99.2 cm³/mol. The van der Waals surface area contributed by atoms with Crippen molar-refractivity contribution < 1.29 is 0 Å². The smallest absolute Gasteiger partial charge is 0.0277 e. The lowest BCUT2D eigenvalue weighted by Gasteiger charge is -2.42. The van der Waals surface area contributed by atoms with Crippen LogP contribution in [0.15, 0.2) is 0 Å². The van der Waals surface area contributed by atoms with Crippen LogP contribution in [0.3, 0.4) is 0 Å². The molecule has 0 amide bonds. The van der Waals surface area contributed by atoms with Crippen LogP contribution in [-0.4, -0.2) is 35.6 Å². The number of nitrogens with one attached hydrogen (secondary N) is 1. The van der Waals surface area contributed by atoms with Gasteiger partial charge >= 0.3 is 0 Å². The summed E-state index contributed by atoms with van der Waals surface area (Å²) in [7, 11) is 0. The van der Waals surface area contributed by atoms with E-state index in [9.17, 15) is 0 Å². The van der Waals surface area contributed by atoms with Crippen molar-refractivity contribution in [1.29, 1.82) is 0 Å². The maximum Gasteiger partial charge on any atom is 0.0277 e. The summed E-state index contributed by atoms with van der Waals surface area (Å²) in [6, 6.07) is 2.45. The molecule has 0 saturated carbocycles. The highest BCUT2D eigenvalue weighted by Gasteiger charge is 2.42. The van der Waals surface area contributed by atoms with Crippen molar-refractivity contribution >= 4 is 0 Å². The molecule has 1 saturated heterocycles. The van der Waals surface area contributed by atoms with Crippen LogP contribution >= 0.6 is 0 Å². The summed E-state index contributed by atoms with van der Waals surface area (Å²) in [4.78, 5) is 2.80. The van der Waals surface area contributed by atoms with Gasteiger partial charge in [0.1, 0.15) is 0 Å². The van der Waals surface area contributed by atoms with E-state index in [4.69, 9.17) is 0 Å². The van der Waals surface area contributed by atoms with Crippen LogP contribution in [0.5, 0.6) is 0 Å². The van der Waals surface area contributed by atoms with Crippen molar-refractivity contribution in [2.45, 2.75) is 93.4 Å². The van der Waals surface area contributed by atoms with Gasteiger partial charge in [-0.05, 0) is 43.4 Å². The van der Waals surface area contributed by atoms with E-state index >= 15 is 0 Å². The van der Waals surface area contributed by atoms with Crippen molar-refractivity contribution in [2.75, 3.05) is 6.54 Å². The minimum absolute atomic E-state index is 0.582. The second kappa shape index (κ2) is 8.15. The van der Waals surface area contributed by atoms with Crippen molar-refractivity contribution in [3.63, 3.8) is 0 Å². The molecule has 4 unspecified atom stereocenters. The van der Waals surface area contributed by atoms with Gasteiger partial charge in [0.2, 0.25) is 0 Å². The lowest BCUT2D eigenvalue weighted by atomic mass is 9.82. The molecule has 2 heteroatoms. The molecule has 0 aromatic heterocycles. The Bertz CT molecular complexity index is 292. The highest BCUT2D eigenvalue weighted by molar-refractivity contribution is 4.99. The Hall–Kier alpha value is -0.0800. The van der Waals surface area contributed by atoms with E-state index in [1.54, 1.807) is 0 Å². The Morgan fingerprint density at radius 3 is 1.50 bits per heavy atom. The van der Waals surface area contributed by atoms with E-state index in [2.05, 4.69) is 79.5 Å². The Balaban J connectivity index is 3.27. The lowest BCUT2D eigenvalue weighted by Crippen LogP contribution is -2.56.